The lowest BCUT2D eigenvalue weighted by atomic mass is 10.1. The third-order valence-electron chi connectivity index (χ3n) is 2.96. The van der Waals surface area contributed by atoms with Crippen LogP contribution in [0.25, 0.3) is 0 Å². The van der Waals surface area contributed by atoms with Gasteiger partial charge in [-0.2, -0.15) is 0 Å². The molecule has 82 valence electrons. The highest BCUT2D eigenvalue weighted by atomic mass is 16.1. The Morgan fingerprint density at radius 1 is 1.60 bits per heavy atom. The summed E-state index contributed by atoms with van der Waals surface area (Å²) in [7, 11) is 2.14. The summed E-state index contributed by atoms with van der Waals surface area (Å²) in [6, 6.07) is 1.54. The average Bonchev–Trinajstić information content (AvgIpc) is 2.58. The third kappa shape index (κ3) is 2.39. The Morgan fingerprint density at radius 3 is 3.00 bits per heavy atom. The van der Waals surface area contributed by atoms with Crippen LogP contribution in [0.4, 0.5) is 5.69 Å². The Hall–Kier alpha value is -1.29. The minimum absolute atomic E-state index is 0.0882. The van der Waals surface area contributed by atoms with E-state index >= 15 is 0 Å². The molecule has 1 unspecified atom stereocenters. The maximum absolute atomic E-state index is 11.1. The molecule has 1 aliphatic heterocycles. The zero-order chi connectivity index (χ0) is 10.8. The van der Waals surface area contributed by atoms with Crippen molar-refractivity contribution in [2.45, 2.75) is 13.0 Å². The molecule has 2 rings (SSSR count). The lowest BCUT2D eigenvalue weighted by molar-refractivity contribution is 0.378. The van der Waals surface area contributed by atoms with Gasteiger partial charge in [0.1, 0.15) is 0 Å². The number of hydrogen-bond acceptors (Lipinski definition) is 3. The zero-order valence-electron chi connectivity index (χ0n) is 9.02. The predicted octanol–water partition coefficient (Wildman–Crippen LogP) is 0.382. The van der Waals surface area contributed by atoms with E-state index in [1.54, 1.807) is 6.20 Å². The van der Waals surface area contributed by atoms with Gasteiger partial charge in [0.2, 0.25) is 5.43 Å². The molecule has 1 aliphatic rings. The number of nitrogens with zero attached hydrogens (tertiary/aromatic N) is 2. The second-order valence-corrected chi connectivity index (χ2v) is 4.38. The summed E-state index contributed by atoms with van der Waals surface area (Å²) in [5.41, 5.74) is 5.83. The summed E-state index contributed by atoms with van der Waals surface area (Å²) in [5.74, 6) is 0.678. The van der Waals surface area contributed by atoms with Gasteiger partial charge in [-0.1, -0.05) is 0 Å². The fraction of sp³-hybridized carbons (Fsp3) is 0.545. The molecule has 1 aromatic rings. The van der Waals surface area contributed by atoms with Crippen LogP contribution >= 0.6 is 0 Å². The Morgan fingerprint density at radius 2 is 2.40 bits per heavy atom. The Balaban J connectivity index is 2.05. The van der Waals surface area contributed by atoms with Gasteiger partial charge in [0.25, 0.3) is 0 Å². The Labute approximate surface area is 89.3 Å². The minimum Gasteiger partial charge on any atom is -0.394 e. The Kier molecular flexibility index (Phi) is 2.77. The topological polar surface area (TPSA) is 51.3 Å². The van der Waals surface area contributed by atoms with Crippen molar-refractivity contribution in [2.75, 3.05) is 25.9 Å². The number of rotatable bonds is 2. The number of aromatic nitrogens is 1. The molecule has 0 spiro atoms. The molecule has 2 heterocycles. The van der Waals surface area contributed by atoms with E-state index in [2.05, 4.69) is 11.9 Å². The summed E-state index contributed by atoms with van der Waals surface area (Å²) in [6.45, 7) is 3.25. The summed E-state index contributed by atoms with van der Waals surface area (Å²) in [5, 5.41) is 0. The minimum atomic E-state index is -0.0882. The average molecular weight is 207 g/mol. The molecule has 2 N–H and O–H groups in total. The molecule has 1 fully saturated rings. The van der Waals surface area contributed by atoms with Crippen LogP contribution in [0.3, 0.4) is 0 Å². The van der Waals surface area contributed by atoms with Crippen molar-refractivity contribution in [1.29, 1.82) is 0 Å². The van der Waals surface area contributed by atoms with E-state index in [1.165, 1.54) is 19.0 Å². The van der Waals surface area contributed by atoms with Crippen LogP contribution in [0.15, 0.2) is 23.3 Å². The van der Waals surface area contributed by atoms with Crippen LogP contribution in [0.5, 0.6) is 0 Å². The number of nitrogens with two attached hydrogens (primary N) is 1. The van der Waals surface area contributed by atoms with Gasteiger partial charge in [0, 0.05) is 31.5 Å². The number of anilines is 1. The molecule has 0 amide bonds. The zero-order valence-corrected chi connectivity index (χ0v) is 9.02. The van der Waals surface area contributed by atoms with Crippen molar-refractivity contribution < 1.29 is 0 Å². The quantitative estimate of drug-likeness (QED) is 0.763. The molecule has 0 radical (unpaired) electrons. The first-order chi connectivity index (χ1) is 7.15. The molecule has 1 atom stereocenters. The van der Waals surface area contributed by atoms with Gasteiger partial charge in [0.05, 0.1) is 5.69 Å². The highest BCUT2D eigenvalue weighted by Crippen LogP contribution is 2.16. The largest absolute Gasteiger partial charge is 0.394 e. The van der Waals surface area contributed by atoms with Crippen LogP contribution in [0.2, 0.25) is 0 Å². The number of likely N-dealkylation sites (tertiary alicyclic amines) is 1. The van der Waals surface area contributed by atoms with E-state index in [4.69, 9.17) is 5.73 Å². The number of pyridine rings is 1. The van der Waals surface area contributed by atoms with Crippen molar-refractivity contribution in [3.05, 3.63) is 28.7 Å². The van der Waals surface area contributed by atoms with Crippen LogP contribution < -0.4 is 11.2 Å². The van der Waals surface area contributed by atoms with Crippen LogP contribution in [-0.4, -0.2) is 29.6 Å². The normalized spacial score (nSPS) is 22.1. The second-order valence-electron chi connectivity index (χ2n) is 4.38. The summed E-state index contributed by atoms with van der Waals surface area (Å²) >= 11 is 0. The maximum atomic E-state index is 11.1. The van der Waals surface area contributed by atoms with Crippen LogP contribution in [0, 0.1) is 5.92 Å². The van der Waals surface area contributed by atoms with E-state index in [1.807, 2.05) is 10.8 Å². The van der Waals surface area contributed by atoms with Crippen molar-refractivity contribution in [2.24, 2.45) is 5.92 Å². The molecule has 1 aromatic heterocycles. The monoisotopic (exact) mass is 207 g/mol. The summed E-state index contributed by atoms with van der Waals surface area (Å²) in [6.07, 6.45) is 4.78. The van der Waals surface area contributed by atoms with E-state index in [-0.39, 0.29) is 5.43 Å². The fourth-order valence-corrected chi connectivity index (χ4v) is 2.13. The van der Waals surface area contributed by atoms with Crippen molar-refractivity contribution in [1.82, 2.24) is 9.47 Å². The van der Waals surface area contributed by atoms with Gasteiger partial charge in [-0.3, -0.25) is 4.79 Å². The van der Waals surface area contributed by atoms with E-state index in [0.29, 0.717) is 11.6 Å². The number of hydrogen-bond donors (Lipinski definition) is 1. The lowest BCUT2D eigenvalue weighted by Gasteiger charge is -2.13. The third-order valence-corrected chi connectivity index (χ3v) is 2.96. The number of nitrogen functional groups attached to an aromatic ring is 1. The van der Waals surface area contributed by atoms with Crippen LogP contribution in [-0.2, 0) is 6.54 Å². The smallest absolute Gasteiger partial charge is 0.204 e. The van der Waals surface area contributed by atoms with E-state index < -0.39 is 0 Å². The highest BCUT2D eigenvalue weighted by molar-refractivity contribution is 5.33. The molecule has 4 nitrogen and oxygen atoms in total. The SMILES string of the molecule is CN1CCC(Cn2ccc(=O)c(N)c2)C1. The second kappa shape index (κ2) is 4.06. The first-order valence-corrected chi connectivity index (χ1v) is 5.29. The maximum Gasteiger partial charge on any atom is 0.204 e. The molecule has 0 saturated carbocycles. The van der Waals surface area contributed by atoms with Crippen molar-refractivity contribution in [3.63, 3.8) is 0 Å². The molecule has 4 heteroatoms. The molecule has 15 heavy (non-hydrogen) atoms. The molecule has 0 aromatic carbocycles. The molecule has 0 bridgehead atoms. The van der Waals surface area contributed by atoms with Crippen LogP contribution in [0.1, 0.15) is 6.42 Å². The van der Waals surface area contributed by atoms with Gasteiger partial charge in [-0.25, -0.2) is 0 Å². The Bertz CT molecular complexity index is 399. The van der Waals surface area contributed by atoms with Gasteiger partial charge in [0.15, 0.2) is 0 Å². The van der Waals surface area contributed by atoms with Crippen molar-refractivity contribution in [3.8, 4) is 0 Å². The molecule has 0 aliphatic carbocycles. The molecule has 1 saturated heterocycles. The molecular formula is C11H17N3O. The van der Waals surface area contributed by atoms with Gasteiger partial charge in [-0.05, 0) is 25.9 Å². The van der Waals surface area contributed by atoms with Gasteiger partial charge < -0.3 is 15.2 Å². The summed E-state index contributed by atoms with van der Waals surface area (Å²) in [4.78, 5) is 13.4. The predicted molar refractivity (Wildman–Crippen MR) is 60.7 cm³/mol. The first kappa shape index (κ1) is 10.2. The standard InChI is InChI=1S/C11H17N3O/c1-13-4-2-9(6-13)7-14-5-3-11(15)10(12)8-14/h3,5,8-9H,2,4,6-7,12H2,1H3. The highest BCUT2D eigenvalue weighted by Gasteiger charge is 2.19. The van der Waals surface area contributed by atoms with Gasteiger partial charge in [-0.15, -0.1) is 0 Å². The van der Waals surface area contributed by atoms with Crippen molar-refractivity contribution >= 4 is 5.69 Å². The lowest BCUT2D eigenvalue weighted by Crippen LogP contribution is -2.18. The van der Waals surface area contributed by atoms with E-state index in [0.717, 1.165) is 13.1 Å². The molecular weight excluding hydrogens is 190 g/mol. The van der Waals surface area contributed by atoms with Gasteiger partial charge >= 0.3 is 0 Å². The first-order valence-electron chi connectivity index (χ1n) is 5.29. The fourth-order valence-electron chi connectivity index (χ4n) is 2.13. The summed E-state index contributed by atoms with van der Waals surface area (Å²) < 4.78 is 2.01. The van der Waals surface area contributed by atoms with E-state index in [9.17, 15) is 4.79 Å².